The van der Waals surface area contributed by atoms with Gasteiger partial charge in [-0.05, 0) is 6.42 Å². The maximum atomic E-state index is 10.2. The number of aliphatic hydroxyl groups is 1. The van der Waals surface area contributed by atoms with E-state index in [1.165, 1.54) is 0 Å². The van der Waals surface area contributed by atoms with Crippen molar-refractivity contribution in [3.8, 4) is 0 Å². The molecule has 0 aromatic carbocycles. The number of hydrogen-bond donors (Lipinski definition) is 3. The summed E-state index contributed by atoms with van der Waals surface area (Å²) < 4.78 is 10.2. The lowest BCUT2D eigenvalue weighted by molar-refractivity contribution is 0.288. The van der Waals surface area contributed by atoms with E-state index in [2.05, 4.69) is 0 Å². The number of halogens is 1. The molecule has 0 aromatic rings. The van der Waals surface area contributed by atoms with E-state index in [4.69, 9.17) is 26.5 Å². The van der Waals surface area contributed by atoms with Crippen LogP contribution in [0.3, 0.4) is 0 Å². The van der Waals surface area contributed by atoms with E-state index in [0.717, 1.165) is 0 Å². The molecule has 62 valence electrons. The second kappa shape index (κ2) is 4.31. The molecule has 0 spiro atoms. The molecule has 4 nitrogen and oxygen atoms in total. The third-order valence-corrected chi connectivity index (χ3v) is 2.13. The molecule has 0 aromatic heterocycles. The summed E-state index contributed by atoms with van der Waals surface area (Å²) in [4.78, 5) is 16.7. The Hall–Kier alpha value is 0.400. The van der Waals surface area contributed by atoms with Crippen LogP contribution in [0.2, 0.25) is 0 Å². The Morgan fingerprint density at radius 2 is 2.00 bits per heavy atom. The number of aliphatic hydroxyl groups excluding tert-OH is 1. The lowest BCUT2D eigenvalue weighted by Gasteiger charge is -2.05. The molecule has 0 bridgehead atoms. The number of rotatable bonds is 4. The first-order valence-electron chi connectivity index (χ1n) is 2.75. The highest BCUT2D eigenvalue weighted by Crippen LogP contribution is 2.35. The maximum absolute atomic E-state index is 10.2. The van der Waals surface area contributed by atoms with Crippen LogP contribution < -0.4 is 0 Å². The van der Waals surface area contributed by atoms with Crippen molar-refractivity contribution in [3.05, 3.63) is 0 Å². The van der Waals surface area contributed by atoms with E-state index in [0.29, 0.717) is 0 Å². The summed E-state index contributed by atoms with van der Waals surface area (Å²) in [5.74, 6) is 0. The van der Waals surface area contributed by atoms with Gasteiger partial charge in [0.15, 0.2) is 0 Å². The number of alkyl halides is 1. The van der Waals surface area contributed by atoms with Crippen LogP contribution in [0.1, 0.15) is 6.42 Å². The SMILES string of the molecule is O=P(O)(O)CCC(Cl)CO. The summed E-state index contributed by atoms with van der Waals surface area (Å²) in [6.07, 6.45) is -0.121. The fourth-order valence-corrected chi connectivity index (χ4v) is 1.31. The molecule has 0 rings (SSSR count). The molecule has 0 fully saturated rings. The maximum Gasteiger partial charge on any atom is 0.325 e. The van der Waals surface area contributed by atoms with Crippen molar-refractivity contribution >= 4 is 19.2 Å². The summed E-state index contributed by atoms with van der Waals surface area (Å²) in [5, 5.41) is 7.80. The van der Waals surface area contributed by atoms with Gasteiger partial charge in [0.25, 0.3) is 0 Å². The van der Waals surface area contributed by atoms with Gasteiger partial charge < -0.3 is 14.9 Å². The van der Waals surface area contributed by atoms with E-state index in [-0.39, 0.29) is 19.2 Å². The van der Waals surface area contributed by atoms with Crippen molar-refractivity contribution in [3.63, 3.8) is 0 Å². The lowest BCUT2D eigenvalue weighted by atomic mass is 10.3. The smallest absolute Gasteiger partial charge is 0.325 e. The van der Waals surface area contributed by atoms with Gasteiger partial charge in [-0.25, -0.2) is 0 Å². The standard InChI is InChI=1S/C4H10ClO4P/c5-4(3-6)1-2-10(7,8)9/h4,6H,1-3H2,(H2,7,8,9). The van der Waals surface area contributed by atoms with Crippen molar-refractivity contribution < 1.29 is 19.5 Å². The Labute approximate surface area is 64.0 Å². The molecule has 3 N–H and O–H groups in total. The van der Waals surface area contributed by atoms with E-state index in [1.54, 1.807) is 0 Å². The first-order chi connectivity index (χ1) is 4.45. The quantitative estimate of drug-likeness (QED) is 0.434. The van der Waals surface area contributed by atoms with Crippen LogP contribution in [0.15, 0.2) is 0 Å². The van der Waals surface area contributed by atoms with E-state index in [1.807, 2.05) is 0 Å². The molecular formula is C4H10ClO4P. The van der Waals surface area contributed by atoms with Crippen LogP contribution >= 0.6 is 19.2 Å². The van der Waals surface area contributed by atoms with Gasteiger partial charge in [-0.15, -0.1) is 11.6 Å². The minimum atomic E-state index is -3.93. The topological polar surface area (TPSA) is 77.8 Å². The normalized spacial score (nSPS) is 15.2. The highest BCUT2D eigenvalue weighted by atomic mass is 35.5. The Morgan fingerprint density at radius 1 is 1.50 bits per heavy atom. The molecule has 0 saturated heterocycles. The first-order valence-corrected chi connectivity index (χ1v) is 4.98. The second-order valence-electron chi connectivity index (χ2n) is 1.96. The molecule has 0 heterocycles. The van der Waals surface area contributed by atoms with Crippen molar-refractivity contribution in [2.24, 2.45) is 0 Å². The van der Waals surface area contributed by atoms with Crippen LogP contribution in [-0.4, -0.2) is 33.0 Å². The van der Waals surface area contributed by atoms with Crippen molar-refractivity contribution in [2.75, 3.05) is 12.8 Å². The van der Waals surface area contributed by atoms with Gasteiger partial charge in [0.2, 0.25) is 0 Å². The van der Waals surface area contributed by atoms with Crippen LogP contribution in [0.5, 0.6) is 0 Å². The second-order valence-corrected chi connectivity index (χ2v) is 4.35. The van der Waals surface area contributed by atoms with Crippen molar-refractivity contribution in [2.45, 2.75) is 11.8 Å². The molecular weight excluding hydrogens is 178 g/mol. The molecule has 0 aliphatic carbocycles. The Kier molecular flexibility index (Phi) is 4.49. The van der Waals surface area contributed by atoms with Gasteiger partial charge in [-0.1, -0.05) is 0 Å². The fourth-order valence-electron chi connectivity index (χ4n) is 0.400. The Balaban J connectivity index is 3.46. The fraction of sp³-hybridized carbons (Fsp3) is 1.00. The minimum absolute atomic E-state index is 0.141. The highest BCUT2D eigenvalue weighted by molar-refractivity contribution is 7.51. The summed E-state index contributed by atoms with van der Waals surface area (Å²) in [6, 6.07) is 0. The van der Waals surface area contributed by atoms with Crippen LogP contribution in [-0.2, 0) is 4.57 Å². The number of hydrogen-bond acceptors (Lipinski definition) is 2. The third kappa shape index (κ3) is 6.52. The zero-order chi connectivity index (χ0) is 8.20. The molecule has 0 amide bonds. The third-order valence-electron chi connectivity index (χ3n) is 0.932. The molecule has 0 aliphatic rings. The summed E-state index contributed by atoms with van der Waals surface area (Å²) in [5.41, 5.74) is 0. The largest absolute Gasteiger partial charge is 0.395 e. The van der Waals surface area contributed by atoms with Crippen molar-refractivity contribution in [1.82, 2.24) is 0 Å². The van der Waals surface area contributed by atoms with Gasteiger partial charge in [0, 0.05) is 0 Å². The summed E-state index contributed by atoms with van der Waals surface area (Å²) in [6.45, 7) is -0.248. The van der Waals surface area contributed by atoms with Crippen LogP contribution in [0.4, 0.5) is 0 Å². The molecule has 1 unspecified atom stereocenters. The Morgan fingerprint density at radius 3 is 2.30 bits per heavy atom. The summed E-state index contributed by atoms with van der Waals surface area (Å²) in [7, 11) is -3.93. The monoisotopic (exact) mass is 188 g/mol. The van der Waals surface area contributed by atoms with Gasteiger partial charge in [-0.3, -0.25) is 4.57 Å². The minimum Gasteiger partial charge on any atom is -0.395 e. The average Bonchev–Trinajstić information content (AvgIpc) is 1.81. The molecule has 0 aliphatic heterocycles. The first kappa shape index (κ1) is 10.4. The summed E-state index contributed by atoms with van der Waals surface area (Å²) >= 11 is 5.38. The molecule has 0 radical (unpaired) electrons. The average molecular weight is 189 g/mol. The molecule has 0 saturated carbocycles. The Bertz CT molecular complexity index is 133. The van der Waals surface area contributed by atoms with Crippen LogP contribution in [0.25, 0.3) is 0 Å². The predicted molar refractivity (Wildman–Crippen MR) is 38.3 cm³/mol. The van der Waals surface area contributed by atoms with Crippen molar-refractivity contribution in [1.29, 1.82) is 0 Å². The van der Waals surface area contributed by atoms with E-state index in [9.17, 15) is 4.57 Å². The zero-order valence-electron chi connectivity index (χ0n) is 5.27. The van der Waals surface area contributed by atoms with Gasteiger partial charge in [0.05, 0.1) is 18.1 Å². The zero-order valence-corrected chi connectivity index (χ0v) is 6.92. The van der Waals surface area contributed by atoms with E-state index < -0.39 is 13.0 Å². The molecule has 6 heteroatoms. The van der Waals surface area contributed by atoms with Gasteiger partial charge in [0.1, 0.15) is 0 Å². The van der Waals surface area contributed by atoms with Crippen LogP contribution in [0, 0.1) is 0 Å². The molecule has 1 atom stereocenters. The highest BCUT2D eigenvalue weighted by Gasteiger charge is 2.14. The molecule has 10 heavy (non-hydrogen) atoms. The van der Waals surface area contributed by atoms with Gasteiger partial charge >= 0.3 is 7.60 Å². The van der Waals surface area contributed by atoms with Gasteiger partial charge in [-0.2, -0.15) is 0 Å². The van der Waals surface area contributed by atoms with E-state index >= 15 is 0 Å². The predicted octanol–water partition coefficient (Wildman–Crippen LogP) is 0.154. The lowest BCUT2D eigenvalue weighted by Crippen LogP contribution is -2.06.